The standard InChI is InChI=1S/C44H92O6SSi2/c1-40-30-32-41(33-31-40)51(46,47)48-37-29-26-36-44(45,34-24-20-16-12-14-18-22-27-38-49-52(8,9)42(2,3)4)35-25-21-17-13-15-19-23-28-39-50-53(10,11)43(5,6)7/h40-41,45H,12-39H2,1-11H3. The van der Waals surface area contributed by atoms with Crippen LogP contribution in [0, 0.1) is 5.92 Å². The minimum atomic E-state index is -3.48. The number of aliphatic hydroxyl groups is 1. The third-order valence-corrected chi connectivity index (χ3v) is 24.1. The molecule has 1 fully saturated rings. The van der Waals surface area contributed by atoms with Crippen LogP contribution in [0.4, 0.5) is 0 Å². The van der Waals surface area contributed by atoms with E-state index < -0.39 is 32.4 Å². The lowest BCUT2D eigenvalue weighted by Gasteiger charge is -2.36. The Labute approximate surface area is 333 Å². The maximum Gasteiger partial charge on any atom is 0.270 e. The van der Waals surface area contributed by atoms with Gasteiger partial charge in [0.2, 0.25) is 0 Å². The fourth-order valence-corrected chi connectivity index (χ4v) is 10.6. The van der Waals surface area contributed by atoms with Crippen LogP contribution in [0.25, 0.3) is 0 Å². The van der Waals surface area contributed by atoms with Gasteiger partial charge in [-0.25, -0.2) is 0 Å². The molecule has 1 rings (SSSR count). The van der Waals surface area contributed by atoms with Gasteiger partial charge in [-0.1, -0.05) is 138 Å². The highest BCUT2D eigenvalue weighted by Gasteiger charge is 2.37. The first-order chi connectivity index (χ1) is 24.6. The van der Waals surface area contributed by atoms with Crippen molar-refractivity contribution in [2.24, 2.45) is 5.92 Å². The van der Waals surface area contributed by atoms with E-state index in [1.165, 1.54) is 89.9 Å². The fraction of sp³-hybridized carbons (Fsp3) is 1.00. The molecule has 318 valence electrons. The molecule has 0 aromatic rings. The van der Waals surface area contributed by atoms with E-state index in [1.807, 2.05) is 0 Å². The molecule has 0 spiro atoms. The van der Waals surface area contributed by atoms with Crippen LogP contribution in [-0.4, -0.2) is 60.8 Å². The molecule has 6 nitrogen and oxygen atoms in total. The number of hydrogen-bond acceptors (Lipinski definition) is 6. The average Bonchev–Trinajstić information content (AvgIpc) is 3.05. The van der Waals surface area contributed by atoms with E-state index in [0.29, 0.717) is 12.3 Å². The van der Waals surface area contributed by atoms with Crippen LogP contribution in [0.3, 0.4) is 0 Å². The second-order valence-corrected chi connectivity index (χ2v) is 31.8. The molecule has 1 saturated carbocycles. The molecule has 0 amide bonds. The summed E-state index contributed by atoms with van der Waals surface area (Å²) in [7, 11) is -6.73. The molecule has 0 aliphatic heterocycles. The summed E-state index contributed by atoms with van der Waals surface area (Å²) in [5.74, 6) is 0.616. The van der Waals surface area contributed by atoms with Crippen LogP contribution < -0.4 is 0 Å². The molecule has 0 saturated heterocycles. The Kier molecular flexibility index (Phi) is 24.7. The van der Waals surface area contributed by atoms with Crippen molar-refractivity contribution in [1.29, 1.82) is 0 Å². The second-order valence-electron chi connectivity index (χ2n) is 20.3. The van der Waals surface area contributed by atoms with Crippen LogP contribution in [0.15, 0.2) is 0 Å². The SMILES string of the molecule is CC1CCC(S(=O)(=O)OCCCCC(O)(CCCCCCCCCCO[Si](C)(C)C(C)(C)C)CCCCCCCCCCO[Si](C)(C)C(C)(C)C)CC1. The largest absolute Gasteiger partial charge is 0.417 e. The van der Waals surface area contributed by atoms with Crippen molar-refractivity contribution in [3.05, 3.63) is 0 Å². The Morgan fingerprint density at radius 2 is 0.811 bits per heavy atom. The zero-order valence-corrected chi connectivity index (χ0v) is 40.2. The van der Waals surface area contributed by atoms with Crippen molar-refractivity contribution >= 4 is 26.8 Å². The predicted octanol–water partition coefficient (Wildman–Crippen LogP) is 13.9. The minimum absolute atomic E-state index is 0.245. The molecule has 0 atom stereocenters. The maximum atomic E-state index is 12.7. The molecule has 1 aliphatic carbocycles. The Morgan fingerprint density at radius 1 is 0.509 bits per heavy atom. The van der Waals surface area contributed by atoms with E-state index >= 15 is 0 Å². The van der Waals surface area contributed by atoms with E-state index in [4.69, 9.17) is 13.0 Å². The normalized spacial score (nSPS) is 18.2. The molecule has 0 aromatic carbocycles. The molecule has 53 heavy (non-hydrogen) atoms. The van der Waals surface area contributed by atoms with Gasteiger partial charge >= 0.3 is 0 Å². The van der Waals surface area contributed by atoms with E-state index in [1.54, 1.807) is 0 Å². The van der Waals surface area contributed by atoms with Crippen LogP contribution >= 0.6 is 0 Å². The van der Waals surface area contributed by atoms with Gasteiger partial charge in [0.05, 0.1) is 17.5 Å². The summed E-state index contributed by atoms with van der Waals surface area (Å²) in [6.45, 7) is 27.5. The van der Waals surface area contributed by atoms with Gasteiger partial charge in [-0.15, -0.1) is 0 Å². The van der Waals surface area contributed by atoms with Gasteiger partial charge in [0.25, 0.3) is 10.1 Å². The van der Waals surface area contributed by atoms with Gasteiger partial charge in [-0.2, -0.15) is 8.42 Å². The smallest absolute Gasteiger partial charge is 0.270 e. The minimum Gasteiger partial charge on any atom is -0.417 e. The molecule has 0 aromatic heterocycles. The van der Waals surface area contributed by atoms with Gasteiger partial charge in [0.15, 0.2) is 16.6 Å². The van der Waals surface area contributed by atoms with Crippen molar-refractivity contribution in [2.75, 3.05) is 19.8 Å². The number of unbranched alkanes of at least 4 members (excludes halogenated alkanes) is 15. The van der Waals surface area contributed by atoms with Crippen LogP contribution in [0.5, 0.6) is 0 Å². The highest BCUT2D eigenvalue weighted by molar-refractivity contribution is 7.87. The Morgan fingerprint density at radius 3 is 1.17 bits per heavy atom. The fourth-order valence-electron chi connectivity index (χ4n) is 7.04. The van der Waals surface area contributed by atoms with Gasteiger partial charge in [-0.3, -0.25) is 4.18 Å². The summed E-state index contributed by atoms with van der Waals surface area (Å²) in [5, 5.41) is 12.0. The van der Waals surface area contributed by atoms with Crippen molar-refractivity contribution in [3.63, 3.8) is 0 Å². The monoisotopic (exact) mass is 805 g/mol. The molecule has 0 radical (unpaired) electrons. The van der Waals surface area contributed by atoms with Crippen molar-refractivity contribution in [3.8, 4) is 0 Å². The van der Waals surface area contributed by atoms with Gasteiger partial charge in [0, 0.05) is 13.2 Å². The molecular weight excluding hydrogens is 713 g/mol. The van der Waals surface area contributed by atoms with E-state index in [0.717, 1.165) is 77.4 Å². The Hall–Kier alpha value is 0.224. The van der Waals surface area contributed by atoms with Gasteiger partial charge in [0.1, 0.15) is 0 Å². The summed E-state index contributed by atoms with van der Waals surface area (Å²) in [6, 6.07) is 0. The Bertz CT molecular complexity index is 977. The van der Waals surface area contributed by atoms with Crippen molar-refractivity contribution in [1.82, 2.24) is 0 Å². The highest BCUT2D eigenvalue weighted by atomic mass is 32.2. The van der Waals surface area contributed by atoms with E-state index in [-0.39, 0.29) is 21.9 Å². The first-order valence-electron chi connectivity index (χ1n) is 22.5. The average molecular weight is 805 g/mol. The molecule has 0 bridgehead atoms. The molecular formula is C44H92O6SSi2. The predicted molar refractivity (Wildman–Crippen MR) is 234 cm³/mol. The lowest BCUT2D eigenvalue weighted by atomic mass is 9.85. The van der Waals surface area contributed by atoms with Crippen molar-refractivity contribution < 1.29 is 26.6 Å². The summed E-state index contributed by atoms with van der Waals surface area (Å²) in [6.07, 6.45) is 26.9. The zero-order valence-electron chi connectivity index (χ0n) is 37.4. The summed E-state index contributed by atoms with van der Waals surface area (Å²) < 4.78 is 43.6. The second kappa shape index (κ2) is 25.6. The third-order valence-electron chi connectivity index (χ3n) is 13.3. The maximum absolute atomic E-state index is 12.7. The molecule has 1 N–H and O–H groups in total. The third kappa shape index (κ3) is 22.7. The van der Waals surface area contributed by atoms with E-state index in [9.17, 15) is 13.5 Å². The summed E-state index contributed by atoms with van der Waals surface area (Å²) in [5.41, 5.74) is -0.646. The molecule has 0 heterocycles. The van der Waals surface area contributed by atoms with E-state index in [2.05, 4.69) is 74.7 Å². The first kappa shape index (κ1) is 51.2. The summed E-state index contributed by atoms with van der Waals surface area (Å²) in [4.78, 5) is 0. The lowest BCUT2D eigenvalue weighted by molar-refractivity contribution is 0.00655. The molecule has 0 unspecified atom stereocenters. The summed E-state index contributed by atoms with van der Waals surface area (Å²) >= 11 is 0. The number of rotatable bonds is 31. The topological polar surface area (TPSA) is 82.1 Å². The first-order valence-corrected chi connectivity index (χ1v) is 29.8. The molecule has 1 aliphatic rings. The van der Waals surface area contributed by atoms with Gasteiger partial charge in [-0.05, 0) is 113 Å². The van der Waals surface area contributed by atoms with Crippen LogP contribution in [-0.2, 0) is 23.2 Å². The van der Waals surface area contributed by atoms with Gasteiger partial charge < -0.3 is 14.0 Å². The molecule has 9 heteroatoms. The highest BCUT2D eigenvalue weighted by Crippen LogP contribution is 2.38. The zero-order chi connectivity index (χ0) is 40.1. The van der Waals surface area contributed by atoms with Crippen LogP contribution in [0.2, 0.25) is 36.3 Å². The lowest BCUT2D eigenvalue weighted by Crippen LogP contribution is -2.40. The van der Waals surface area contributed by atoms with Crippen LogP contribution in [0.1, 0.15) is 209 Å². The quantitative estimate of drug-likeness (QED) is 0.0427. The Balaban J connectivity index is 2.36. The number of hydrogen-bond donors (Lipinski definition) is 1. The van der Waals surface area contributed by atoms with Crippen molar-refractivity contribution in [2.45, 2.75) is 256 Å².